The van der Waals surface area contributed by atoms with Crippen LogP contribution in [-0.4, -0.2) is 70.3 Å². The Labute approximate surface area is 235 Å². The van der Waals surface area contributed by atoms with E-state index in [9.17, 15) is 14.4 Å². The highest BCUT2D eigenvalue weighted by Crippen LogP contribution is 2.28. The van der Waals surface area contributed by atoms with Gasteiger partial charge >= 0.3 is 0 Å². The van der Waals surface area contributed by atoms with Crippen LogP contribution in [0.3, 0.4) is 0 Å². The Morgan fingerprint density at radius 2 is 2.08 bits per heavy atom. The number of benzene rings is 1. The first-order valence-corrected chi connectivity index (χ1v) is 14.2. The molecule has 2 atom stereocenters. The minimum absolute atomic E-state index is 0.151. The standard InChI is InChI=1S/C24H31Cl2N5O4S2/c1-14(2)8-20(22(27)33)28-23(34)21-13-36-24(29-21)37-31(15(3)32)12-17-11-30(6-7-35-17)10-16-4-5-18(25)19(26)9-16/h4-5,9,13-14,17,20H,6-8,10-12H2,1-3H3,(H2,27,33)(H,28,34)/t17-,20-/m0/s1. The normalized spacial score (nSPS) is 17.0. The first-order valence-electron chi connectivity index (χ1n) is 11.8. The first-order chi connectivity index (χ1) is 17.5. The molecule has 1 aliphatic heterocycles. The predicted molar refractivity (Wildman–Crippen MR) is 147 cm³/mol. The molecule has 0 aliphatic carbocycles. The number of thiazole rings is 1. The minimum Gasteiger partial charge on any atom is -0.374 e. The molecular formula is C24H31Cl2N5O4S2. The summed E-state index contributed by atoms with van der Waals surface area (Å²) in [5, 5.41) is 5.28. The van der Waals surface area contributed by atoms with Crippen molar-refractivity contribution < 1.29 is 19.1 Å². The van der Waals surface area contributed by atoms with E-state index in [1.807, 2.05) is 26.0 Å². The highest BCUT2D eigenvalue weighted by Gasteiger charge is 2.26. The van der Waals surface area contributed by atoms with E-state index in [0.29, 0.717) is 47.0 Å². The fraction of sp³-hybridized carbons (Fsp3) is 0.500. The van der Waals surface area contributed by atoms with Crippen LogP contribution >= 0.6 is 46.5 Å². The van der Waals surface area contributed by atoms with Gasteiger partial charge in [0.25, 0.3) is 5.91 Å². The Hall–Kier alpha value is -1.89. The smallest absolute Gasteiger partial charge is 0.271 e. The summed E-state index contributed by atoms with van der Waals surface area (Å²) in [4.78, 5) is 43.3. The number of nitrogens with one attached hydrogen (secondary N) is 1. The van der Waals surface area contributed by atoms with E-state index in [1.165, 1.54) is 18.3 Å². The van der Waals surface area contributed by atoms with E-state index in [2.05, 4.69) is 15.2 Å². The quantitative estimate of drug-likeness (QED) is 0.383. The molecule has 1 saturated heterocycles. The van der Waals surface area contributed by atoms with Gasteiger partial charge in [-0.1, -0.05) is 43.1 Å². The second-order valence-electron chi connectivity index (χ2n) is 9.20. The lowest BCUT2D eigenvalue weighted by Crippen LogP contribution is -2.46. The lowest BCUT2D eigenvalue weighted by atomic mass is 10.0. The Bertz CT molecular complexity index is 1120. The number of carbonyl (C=O) groups is 3. The molecule has 37 heavy (non-hydrogen) atoms. The van der Waals surface area contributed by atoms with E-state index in [0.717, 1.165) is 24.1 Å². The van der Waals surface area contributed by atoms with Crippen molar-refractivity contribution >= 4 is 64.2 Å². The number of aromatic nitrogens is 1. The van der Waals surface area contributed by atoms with Gasteiger partial charge in [-0.3, -0.25) is 23.6 Å². The van der Waals surface area contributed by atoms with Crippen molar-refractivity contribution in [3.05, 3.63) is 44.9 Å². The number of hydrogen-bond donors (Lipinski definition) is 2. The van der Waals surface area contributed by atoms with Crippen LogP contribution < -0.4 is 11.1 Å². The van der Waals surface area contributed by atoms with Gasteiger partial charge in [0.05, 0.1) is 29.3 Å². The van der Waals surface area contributed by atoms with Gasteiger partial charge in [0, 0.05) is 43.9 Å². The van der Waals surface area contributed by atoms with Crippen molar-refractivity contribution in [1.82, 2.24) is 19.5 Å². The third kappa shape index (κ3) is 9.12. The van der Waals surface area contributed by atoms with Gasteiger partial charge in [-0.15, -0.1) is 11.3 Å². The number of carbonyl (C=O) groups excluding carboxylic acids is 3. The van der Waals surface area contributed by atoms with Crippen molar-refractivity contribution in [3.63, 3.8) is 0 Å². The first kappa shape index (κ1) is 29.7. The Morgan fingerprint density at radius 1 is 1.32 bits per heavy atom. The van der Waals surface area contributed by atoms with E-state index >= 15 is 0 Å². The zero-order valence-corrected chi connectivity index (χ0v) is 24.1. The number of ether oxygens (including phenoxy) is 1. The van der Waals surface area contributed by atoms with Crippen LogP contribution in [0.25, 0.3) is 0 Å². The fourth-order valence-corrected chi connectivity index (χ4v) is 5.92. The summed E-state index contributed by atoms with van der Waals surface area (Å²) in [6.45, 7) is 8.36. The van der Waals surface area contributed by atoms with Gasteiger partial charge in [0.15, 0.2) is 4.34 Å². The maximum Gasteiger partial charge on any atom is 0.271 e. The number of amides is 3. The summed E-state index contributed by atoms with van der Waals surface area (Å²) in [6, 6.07) is 4.82. The van der Waals surface area contributed by atoms with Crippen LogP contribution in [0.5, 0.6) is 0 Å². The van der Waals surface area contributed by atoms with Crippen molar-refractivity contribution in [1.29, 1.82) is 0 Å². The molecule has 0 spiro atoms. The van der Waals surface area contributed by atoms with Crippen molar-refractivity contribution in [2.24, 2.45) is 11.7 Å². The predicted octanol–water partition coefficient (Wildman–Crippen LogP) is 3.84. The SMILES string of the molecule is CC(=O)N(C[C@@H]1CN(Cc2ccc(Cl)c(Cl)c2)CCO1)Sc1nc(C(=O)N[C@@H](CC(C)C)C(N)=O)cs1. The van der Waals surface area contributed by atoms with Crippen LogP contribution in [-0.2, 0) is 20.9 Å². The third-order valence-electron chi connectivity index (χ3n) is 5.59. The molecule has 3 rings (SSSR count). The highest BCUT2D eigenvalue weighted by molar-refractivity contribution is 7.99. The van der Waals surface area contributed by atoms with Crippen LogP contribution in [0.2, 0.25) is 10.0 Å². The molecule has 0 radical (unpaired) electrons. The van der Waals surface area contributed by atoms with E-state index < -0.39 is 17.9 Å². The monoisotopic (exact) mass is 587 g/mol. The summed E-state index contributed by atoms with van der Waals surface area (Å²) in [5.74, 6) is -1.03. The number of rotatable bonds is 11. The molecule has 1 aromatic heterocycles. The molecule has 2 heterocycles. The molecule has 202 valence electrons. The summed E-state index contributed by atoms with van der Waals surface area (Å²) in [5.41, 5.74) is 6.65. The van der Waals surface area contributed by atoms with Gasteiger partial charge in [0.1, 0.15) is 11.7 Å². The zero-order chi connectivity index (χ0) is 27.1. The molecular weight excluding hydrogens is 557 g/mol. The zero-order valence-electron chi connectivity index (χ0n) is 20.9. The molecule has 3 N–H and O–H groups in total. The van der Waals surface area contributed by atoms with Gasteiger partial charge < -0.3 is 15.8 Å². The summed E-state index contributed by atoms with van der Waals surface area (Å²) in [6.07, 6.45) is 0.247. The van der Waals surface area contributed by atoms with Crippen molar-refractivity contribution in [3.8, 4) is 0 Å². The summed E-state index contributed by atoms with van der Waals surface area (Å²) >= 11 is 14.6. The molecule has 1 aliphatic rings. The van der Waals surface area contributed by atoms with Crippen LogP contribution in [0, 0.1) is 5.92 Å². The molecule has 3 amide bonds. The van der Waals surface area contributed by atoms with Gasteiger partial charge in [-0.2, -0.15) is 0 Å². The van der Waals surface area contributed by atoms with Crippen LogP contribution in [0.4, 0.5) is 0 Å². The topological polar surface area (TPSA) is 118 Å². The minimum atomic E-state index is -0.769. The average Bonchev–Trinajstić information content (AvgIpc) is 3.29. The van der Waals surface area contributed by atoms with Gasteiger partial charge in [0.2, 0.25) is 11.8 Å². The largest absolute Gasteiger partial charge is 0.374 e. The Kier molecular flexibility index (Phi) is 11.0. The summed E-state index contributed by atoms with van der Waals surface area (Å²) in [7, 11) is 0. The highest BCUT2D eigenvalue weighted by atomic mass is 35.5. The molecule has 1 aromatic carbocycles. The van der Waals surface area contributed by atoms with Crippen LogP contribution in [0.1, 0.15) is 43.2 Å². The number of primary amides is 1. The number of nitrogens with zero attached hydrogens (tertiary/aromatic N) is 3. The van der Waals surface area contributed by atoms with Gasteiger partial charge in [-0.05, 0) is 30.0 Å². The lowest BCUT2D eigenvalue weighted by Gasteiger charge is -2.35. The second kappa shape index (κ2) is 13.8. The lowest BCUT2D eigenvalue weighted by molar-refractivity contribution is -0.126. The van der Waals surface area contributed by atoms with E-state index in [-0.39, 0.29) is 23.6 Å². The molecule has 2 aromatic rings. The second-order valence-corrected chi connectivity index (χ2v) is 12.1. The third-order valence-corrected chi connectivity index (χ3v) is 8.35. The number of halogens is 2. The average molecular weight is 589 g/mol. The van der Waals surface area contributed by atoms with E-state index in [1.54, 1.807) is 15.8 Å². The maximum absolute atomic E-state index is 12.6. The summed E-state index contributed by atoms with van der Waals surface area (Å²) < 4.78 is 8.04. The van der Waals surface area contributed by atoms with Crippen molar-refractivity contribution in [2.45, 2.75) is 50.2 Å². The van der Waals surface area contributed by atoms with Gasteiger partial charge in [-0.25, -0.2) is 4.98 Å². The molecule has 1 fully saturated rings. The Morgan fingerprint density at radius 3 is 2.73 bits per heavy atom. The number of morpholine rings is 1. The Balaban J connectivity index is 1.58. The van der Waals surface area contributed by atoms with Crippen LogP contribution in [0.15, 0.2) is 27.9 Å². The number of hydrogen-bond acceptors (Lipinski definition) is 8. The maximum atomic E-state index is 12.6. The molecule has 0 bridgehead atoms. The van der Waals surface area contributed by atoms with Crippen molar-refractivity contribution in [2.75, 3.05) is 26.2 Å². The number of nitrogens with two attached hydrogens (primary N) is 1. The van der Waals surface area contributed by atoms with E-state index in [4.69, 9.17) is 33.7 Å². The molecule has 13 heteroatoms. The molecule has 9 nitrogen and oxygen atoms in total. The molecule has 0 saturated carbocycles. The molecule has 0 unspecified atom stereocenters. The fourth-order valence-electron chi connectivity index (χ4n) is 3.79.